The Kier molecular flexibility index (Phi) is 5.79. The van der Waals surface area contributed by atoms with Crippen LogP contribution in [0.3, 0.4) is 0 Å². The monoisotopic (exact) mass is 389 g/mol. The number of morpholine rings is 1. The Bertz CT molecular complexity index is 729. The maximum Gasteiger partial charge on any atom is 0.267 e. The third-order valence-corrected chi connectivity index (χ3v) is 5.40. The number of nitrogens with one attached hydrogen (secondary N) is 1. The topological polar surface area (TPSA) is 80.3 Å². The van der Waals surface area contributed by atoms with Crippen molar-refractivity contribution in [2.24, 2.45) is 0 Å². The molecule has 3 heterocycles. The number of nitrogens with zero attached hydrogens (tertiary/aromatic N) is 2. The second-order valence-electron chi connectivity index (χ2n) is 7.38. The molecule has 3 aliphatic heterocycles. The second kappa shape index (κ2) is 8.46. The van der Waals surface area contributed by atoms with Crippen molar-refractivity contribution in [1.29, 1.82) is 0 Å². The Morgan fingerprint density at radius 1 is 1.21 bits per heavy atom. The van der Waals surface area contributed by atoms with Gasteiger partial charge in [-0.25, -0.2) is 0 Å². The van der Waals surface area contributed by atoms with Crippen LogP contribution >= 0.6 is 0 Å². The maximum atomic E-state index is 12.8. The number of amides is 2. The minimum Gasteiger partial charge on any atom is -0.479 e. The predicted octanol–water partition coefficient (Wildman–Crippen LogP) is 1.25. The maximum absolute atomic E-state index is 12.8. The quantitative estimate of drug-likeness (QED) is 0.817. The van der Waals surface area contributed by atoms with Crippen LogP contribution in [0, 0.1) is 0 Å². The number of hydrogen-bond acceptors (Lipinski definition) is 6. The minimum absolute atomic E-state index is 0.0663. The highest BCUT2D eigenvalue weighted by molar-refractivity contribution is 6.01. The van der Waals surface area contributed by atoms with Crippen molar-refractivity contribution < 1.29 is 23.8 Å². The van der Waals surface area contributed by atoms with Gasteiger partial charge in [0.15, 0.2) is 6.10 Å². The molecule has 3 aliphatic rings. The first-order chi connectivity index (χ1) is 13.6. The zero-order valence-electron chi connectivity index (χ0n) is 16.2. The first-order valence-corrected chi connectivity index (χ1v) is 9.96. The highest BCUT2D eigenvalue weighted by atomic mass is 16.5. The highest BCUT2D eigenvalue weighted by Crippen LogP contribution is 2.36. The standard InChI is InChI=1S/C20H27N3O5/c1-14-20(25)23(7-6-22-8-11-26-12-9-22)16-13-15(4-5-17(16)28-14)21-19(24)18-3-2-10-27-18/h4-5,13-14,18H,2-3,6-12H2,1H3,(H,21,24). The number of carbonyl (C=O) groups is 2. The molecule has 8 nitrogen and oxygen atoms in total. The number of benzene rings is 1. The van der Waals surface area contributed by atoms with Gasteiger partial charge < -0.3 is 24.4 Å². The molecular weight excluding hydrogens is 362 g/mol. The first kappa shape index (κ1) is 19.2. The van der Waals surface area contributed by atoms with Crippen molar-refractivity contribution in [3.05, 3.63) is 18.2 Å². The van der Waals surface area contributed by atoms with Crippen LogP contribution < -0.4 is 15.0 Å². The summed E-state index contributed by atoms with van der Waals surface area (Å²) in [5.41, 5.74) is 1.34. The minimum atomic E-state index is -0.524. The lowest BCUT2D eigenvalue weighted by molar-refractivity contribution is -0.125. The zero-order chi connectivity index (χ0) is 19.5. The summed E-state index contributed by atoms with van der Waals surface area (Å²) >= 11 is 0. The molecule has 2 amide bonds. The van der Waals surface area contributed by atoms with E-state index in [0.29, 0.717) is 30.3 Å². The van der Waals surface area contributed by atoms with E-state index in [2.05, 4.69) is 10.2 Å². The van der Waals surface area contributed by atoms with Gasteiger partial charge in [0.1, 0.15) is 11.9 Å². The fraction of sp³-hybridized carbons (Fsp3) is 0.600. The van der Waals surface area contributed by atoms with Crippen LogP contribution in [0.4, 0.5) is 11.4 Å². The van der Waals surface area contributed by atoms with E-state index in [0.717, 1.165) is 45.7 Å². The lowest BCUT2D eigenvalue weighted by Gasteiger charge is -2.35. The highest BCUT2D eigenvalue weighted by Gasteiger charge is 2.32. The normalized spacial score (nSPS) is 25.3. The zero-order valence-corrected chi connectivity index (χ0v) is 16.2. The molecule has 0 bridgehead atoms. The van der Waals surface area contributed by atoms with Gasteiger partial charge in [0, 0.05) is 38.5 Å². The Labute approximate surface area is 164 Å². The average molecular weight is 389 g/mol. The molecule has 0 aromatic heterocycles. The van der Waals surface area contributed by atoms with E-state index >= 15 is 0 Å². The lowest BCUT2D eigenvalue weighted by Crippen LogP contribution is -2.48. The van der Waals surface area contributed by atoms with Crippen LogP contribution in [0.15, 0.2) is 18.2 Å². The third-order valence-electron chi connectivity index (χ3n) is 5.40. The molecule has 1 N–H and O–H groups in total. The van der Waals surface area contributed by atoms with Crippen molar-refractivity contribution in [2.75, 3.05) is 56.2 Å². The molecular formula is C20H27N3O5. The van der Waals surface area contributed by atoms with E-state index in [9.17, 15) is 9.59 Å². The molecule has 0 spiro atoms. The number of ether oxygens (including phenoxy) is 3. The van der Waals surface area contributed by atoms with Crippen LogP contribution in [-0.4, -0.2) is 74.9 Å². The lowest BCUT2D eigenvalue weighted by atomic mass is 10.1. The molecule has 2 fully saturated rings. The van der Waals surface area contributed by atoms with Gasteiger partial charge >= 0.3 is 0 Å². The van der Waals surface area contributed by atoms with Crippen molar-refractivity contribution in [2.45, 2.75) is 32.0 Å². The van der Waals surface area contributed by atoms with Gasteiger partial charge in [-0.2, -0.15) is 0 Å². The Hall–Kier alpha value is -2.16. The number of rotatable bonds is 5. The van der Waals surface area contributed by atoms with Gasteiger partial charge in [0.25, 0.3) is 11.8 Å². The van der Waals surface area contributed by atoms with Gasteiger partial charge in [-0.05, 0) is 38.0 Å². The van der Waals surface area contributed by atoms with Gasteiger partial charge in [-0.3, -0.25) is 14.5 Å². The number of anilines is 2. The van der Waals surface area contributed by atoms with Crippen molar-refractivity contribution >= 4 is 23.2 Å². The molecule has 2 atom stereocenters. The summed E-state index contributed by atoms with van der Waals surface area (Å²) in [6.07, 6.45) is 0.718. The molecule has 0 radical (unpaired) electrons. The largest absolute Gasteiger partial charge is 0.479 e. The van der Waals surface area contributed by atoms with E-state index in [-0.39, 0.29) is 11.8 Å². The summed E-state index contributed by atoms with van der Waals surface area (Å²) in [6, 6.07) is 5.42. The van der Waals surface area contributed by atoms with E-state index in [1.54, 1.807) is 17.9 Å². The van der Waals surface area contributed by atoms with Crippen molar-refractivity contribution in [1.82, 2.24) is 4.90 Å². The summed E-state index contributed by atoms with van der Waals surface area (Å²) in [5, 5.41) is 2.90. The molecule has 2 saturated heterocycles. The summed E-state index contributed by atoms with van der Waals surface area (Å²) in [4.78, 5) is 29.2. The van der Waals surface area contributed by atoms with Crippen LogP contribution in [0.2, 0.25) is 0 Å². The predicted molar refractivity (Wildman–Crippen MR) is 104 cm³/mol. The first-order valence-electron chi connectivity index (χ1n) is 9.96. The molecule has 2 unspecified atom stereocenters. The molecule has 0 saturated carbocycles. The van der Waals surface area contributed by atoms with E-state index in [4.69, 9.17) is 14.2 Å². The van der Waals surface area contributed by atoms with E-state index in [1.807, 2.05) is 12.1 Å². The number of carbonyl (C=O) groups excluding carboxylic acids is 2. The van der Waals surface area contributed by atoms with Crippen LogP contribution in [0.5, 0.6) is 5.75 Å². The van der Waals surface area contributed by atoms with Crippen LogP contribution in [0.1, 0.15) is 19.8 Å². The van der Waals surface area contributed by atoms with Gasteiger partial charge in [-0.15, -0.1) is 0 Å². The van der Waals surface area contributed by atoms with Gasteiger partial charge in [0.05, 0.1) is 18.9 Å². The van der Waals surface area contributed by atoms with Crippen LogP contribution in [0.25, 0.3) is 0 Å². The van der Waals surface area contributed by atoms with Crippen molar-refractivity contribution in [3.63, 3.8) is 0 Å². The van der Waals surface area contributed by atoms with Crippen molar-refractivity contribution in [3.8, 4) is 5.75 Å². The molecule has 1 aromatic rings. The third kappa shape index (κ3) is 4.14. The Morgan fingerprint density at radius 3 is 2.79 bits per heavy atom. The summed E-state index contributed by atoms with van der Waals surface area (Å²) < 4.78 is 16.6. The van der Waals surface area contributed by atoms with Crippen LogP contribution in [-0.2, 0) is 19.1 Å². The fourth-order valence-corrected chi connectivity index (χ4v) is 3.79. The SMILES string of the molecule is CC1Oc2ccc(NC(=O)C3CCCO3)cc2N(CCN2CCOCC2)C1=O. The van der Waals surface area contributed by atoms with E-state index in [1.165, 1.54) is 0 Å². The summed E-state index contributed by atoms with van der Waals surface area (Å²) in [5.74, 6) is 0.446. The van der Waals surface area contributed by atoms with Gasteiger partial charge in [0.2, 0.25) is 0 Å². The number of hydrogen-bond donors (Lipinski definition) is 1. The Morgan fingerprint density at radius 2 is 2.04 bits per heavy atom. The number of fused-ring (bicyclic) bond motifs is 1. The fourth-order valence-electron chi connectivity index (χ4n) is 3.79. The summed E-state index contributed by atoms with van der Waals surface area (Å²) in [6.45, 7) is 6.93. The second-order valence-corrected chi connectivity index (χ2v) is 7.38. The average Bonchev–Trinajstić information content (AvgIpc) is 3.25. The molecule has 8 heteroatoms. The van der Waals surface area contributed by atoms with Gasteiger partial charge in [-0.1, -0.05) is 0 Å². The molecule has 0 aliphatic carbocycles. The smallest absolute Gasteiger partial charge is 0.267 e. The molecule has 28 heavy (non-hydrogen) atoms. The summed E-state index contributed by atoms with van der Waals surface area (Å²) in [7, 11) is 0. The Balaban J connectivity index is 1.49. The molecule has 152 valence electrons. The van der Waals surface area contributed by atoms with E-state index < -0.39 is 12.2 Å². The molecule has 4 rings (SSSR count). The molecule has 1 aromatic carbocycles.